The zero-order valence-electron chi connectivity index (χ0n) is 20.0. The van der Waals surface area contributed by atoms with E-state index in [1.54, 1.807) is 80.7 Å². The van der Waals surface area contributed by atoms with Gasteiger partial charge in [0.1, 0.15) is 0 Å². The SMILES string of the molecule is CCN(C(=O)Nc1ccc(N(Cc2cccc(Cl)c2Cl)S(C)(=O)=O)cc1)C(=O)c1ccccc1NC. The van der Waals surface area contributed by atoms with Gasteiger partial charge < -0.3 is 10.6 Å². The summed E-state index contributed by atoms with van der Waals surface area (Å²) in [6.45, 7) is 1.84. The highest BCUT2D eigenvalue weighted by atomic mass is 35.5. The third-order valence-electron chi connectivity index (χ3n) is 5.39. The number of halogens is 2. The molecule has 0 heterocycles. The molecule has 8 nitrogen and oxygen atoms in total. The lowest BCUT2D eigenvalue weighted by Crippen LogP contribution is -2.40. The van der Waals surface area contributed by atoms with E-state index in [9.17, 15) is 18.0 Å². The van der Waals surface area contributed by atoms with Crippen LogP contribution in [0.15, 0.2) is 66.7 Å². The molecular weight excluding hydrogens is 523 g/mol. The summed E-state index contributed by atoms with van der Waals surface area (Å²) in [6, 6.07) is 17.6. The van der Waals surface area contributed by atoms with Gasteiger partial charge >= 0.3 is 6.03 Å². The van der Waals surface area contributed by atoms with Gasteiger partial charge in [0.25, 0.3) is 5.91 Å². The van der Waals surface area contributed by atoms with Gasteiger partial charge in [0.2, 0.25) is 10.0 Å². The van der Waals surface area contributed by atoms with Gasteiger partial charge in [-0.2, -0.15) is 0 Å². The summed E-state index contributed by atoms with van der Waals surface area (Å²) in [5, 5.41) is 6.25. The number of rotatable bonds is 8. The molecule has 3 aromatic rings. The fraction of sp³-hybridized carbons (Fsp3) is 0.200. The molecule has 0 saturated heterocycles. The number of carbonyl (C=O) groups is 2. The Kier molecular flexibility index (Phi) is 8.84. The monoisotopic (exact) mass is 548 g/mol. The fourth-order valence-electron chi connectivity index (χ4n) is 3.54. The number of hydrogen-bond donors (Lipinski definition) is 2. The smallest absolute Gasteiger partial charge is 0.328 e. The summed E-state index contributed by atoms with van der Waals surface area (Å²) in [4.78, 5) is 27.0. The molecule has 0 bridgehead atoms. The molecule has 0 aliphatic carbocycles. The third kappa shape index (κ3) is 6.29. The molecule has 0 spiro atoms. The van der Waals surface area contributed by atoms with Crippen LogP contribution in [0.1, 0.15) is 22.8 Å². The number of urea groups is 1. The lowest BCUT2D eigenvalue weighted by Gasteiger charge is -2.24. The van der Waals surface area contributed by atoms with Crippen LogP contribution < -0.4 is 14.9 Å². The number of sulfonamides is 1. The number of para-hydroxylation sites is 1. The number of nitrogens with zero attached hydrogens (tertiary/aromatic N) is 2. The average Bonchev–Trinajstić information content (AvgIpc) is 2.85. The third-order valence-corrected chi connectivity index (χ3v) is 7.38. The molecule has 11 heteroatoms. The zero-order chi connectivity index (χ0) is 26.5. The minimum Gasteiger partial charge on any atom is -0.387 e. The second kappa shape index (κ2) is 11.6. The molecule has 36 heavy (non-hydrogen) atoms. The Morgan fingerprint density at radius 1 is 0.944 bits per heavy atom. The first kappa shape index (κ1) is 27.3. The molecule has 0 aromatic heterocycles. The molecule has 190 valence electrons. The standard InChI is InChI=1S/C25H26Cl2N4O4S/c1-4-30(24(32)20-9-5-6-11-22(20)28-2)25(33)29-18-12-14-19(15-13-18)31(36(3,34)35)16-17-8-7-10-21(26)23(17)27/h5-15,28H,4,16H2,1-3H3,(H,29,33). The molecule has 0 atom stereocenters. The summed E-state index contributed by atoms with van der Waals surface area (Å²) in [6.07, 6.45) is 1.09. The van der Waals surface area contributed by atoms with Crippen molar-refractivity contribution in [3.63, 3.8) is 0 Å². The topological polar surface area (TPSA) is 98.8 Å². The van der Waals surface area contributed by atoms with Crippen LogP contribution in [0, 0.1) is 0 Å². The Morgan fingerprint density at radius 3 is 2.22 bits per heavy atom. The van der Waals surface area contributed by atoms with E-state index in [2.05, 4.69) is 10.6 Å². The Morgan fingerprint density at radius 2 is 1.61 bits per heavy atom. The molecular formula is C25H26Cl2N4O4S. The van der Waals surface area contributed by atoms with Crippen LogP contribution in [0.2, 0.25) is 10.0 Å². The highest BCUT2D eigenvalue weighted by molar-refractivity contribution is 7.92. The van der Waals surface area contributed by atoms with Crippen molar-refractivity contribution < 1.29 is 18.0 Å². The largest absolute Gasteiger partial charge is 0.387 e. The van der Waals surface area contributed by atoms with Crippen molar-refractivity contribution in [3.05, 3.63) is 87.9 Å². The molecule has 0 radical (unpaired) electrons. The van der Waals surface area contributed by atoms with Gasteiger partial charge in [0, 0.05) is 25.0 Å². The van der Waals surface area contributed by atoms with E-state index in [4.69, 9.17) is 23.2 Å². The summed E-state index contributed by atoms with van der Waals surface area (Å²) in [5.74, 6) is -0.446. The van der Waals surface area contributed by atoms with E-state index in [1.165, 1.54) is 4.31 Å². The minimum absolute atomic E-state index is 0.0209. The first-order valence-corrected chi connectivity index (χ1v) is 13.6. The van der Waals surface area contributed by atoms with Crippen LogP contribution in [0.5, 0.6) is 0 Å². The molecule has 0 fully saturated rings. The predicted molar refractivity (Wildman–Crippen MR) is 146 cm³/mol. The average molecular weight is 549 g/mol. The molecule has 3 amide bonds. The maximum absolute atomic E-state index is 13.0. The van der Waals surface area contributed by atoms with Crippen molar-refractivity contribution in [1.82, 2.24) is 4.90 Å². The molecule has 2 N–H and O–H groups in total. The van der Waals surface area contributed by atoms with E-state index in [-0.39, 0.29) is 18.1 Å². The molecule has 0 aliphatic rings. The Bertz CT molecular complexity index is 1360. The van der Waals surface area contributed by atoms with Crippen molar-refractivity contribution in [2.24, 2.45) is 0 Å². The number of anilines is 3. The maximum atomic E-state index is 13.0. The van der Waals surface area contributed by atoms with Gasteiger partial charge in [0.15, 0.2) is 0 Å². The van der Waals surface area contributed by atoms with Crippen LogP contribution >= 0.6 is 23.2 Å². The van der Waals surface area contributed by atoms with Gasteiger partial charge in [-0.25, -0.2) is 13.2 Å². The quantitative estimate of drug-likeness (QED) is 0.376. The number of amides is 3. The summed E-state index contributed by atoms with van der Waals surface area (Å²) >= 11 is 12.3. The van der Waals surface area contributed by atoms with Gasteiger partial charge in [-0.15, -0.1) is 0 Å². The van der Waals surface area contributed by atoms with E-state index in [1.807, 2.05) is 0 Å². The zero-order valence-corrected chi connectivity index (χ0v) is 22.3. The lowest BCUT2D eigenvalue weighted by molar-refractivity contribution is 0.0819. The first-order chi connectivity index (χ1) is 17.1. The lowest BCUT2D eigenvalue weighted by atomic mass is 10.1. The van der Waals surface area contributed by atoms with Crippen LogP contribution in [0.3, 0.4) is 0 Å². The molecule has 0 saturated carbocycles. The second-order valence-electron chi connectivity index (χ2n) is 7.80. The van der Waals surface area contributed by atoms with Crippen LogP contribution in [-0.4, -0.2) is 45.1 Å². The van der Waals surface area contributed by atoms with Crippen molar-refractivity contribution in [3.8, 4) is 0 Å². The van der Waals surface area contributed by atoms with Gasteiger partial charge in [0.05, 0.1) is 34.1 Å². The Balaban J connectivity index is 1.80. The summed E-state index contributed by atoms with van der Waals surface area (Å²) in [7, 11) is -1.96. The summed E-state index contributed by atoms with van der Waals surface area (Å²) in [5.41, 5.74) is 2.30. The van der Waals surface area contributed by atoms with Crippen LogP contribution in [0.25, 0.3) is 0 Å². The van der Waals surface area contributed by atoms with Crippen molar-refractivity contribution >= 4 is 62.2 Å². The number of imide groups is 1. The van der Waals surface area contributed by atoms with Gasteiger partial charge in [-0.3, -0.25) is 14.0 Å². The second-order valence-corrected chi connectivity index (χ2v) is 10.5. The van der Waals surface area contributed by atoms with E-state index in [0.717, 1.165) is 11.2 Å². The van der Waals surface area contributed by atoms with Crippen molar-refractivity contribution in [1.29, 1.82) is 0 Å². The number of benzene rings is 3. The van der Waals surface area contributed by atoms with Crippen LogP contribution in [-0.2, 0) is 16.6 Å². The fourth-order valence-corrected chi connectivity index (χ4v) is 4.80. The highest BCUT2D eigenvalue weighted by Gasteiger charge is 2.24. The summed E-state index contributed by atoms with van der Waals surface area (Å²) < 4.78 is 26.2. The first-order valence-electron chi connectivity index (χ1n) is 11.0. The normalized spacial score (nSPS) is 11.0. The molecule has 3 aromatic carbocycles. The predicted octanol–water partition coefficient (Wildman–Crippen LogP) is 5.70. The number of nitrogens with one attached hydrogen (secondary N) is 2. The highest BCUT2D eigenvalue weighted by Crippen LogP contribution is 2.29. The van der Waals surface area contributed by atoms with E-state index < -0.39 is 22.0 Å². The molecule has 3 rings (SSSR count). The number of hydrogen-bond acceptors (Lipinski definition) is 5. The van der Waals surface area contributed by atoms with E-state index in [0.29, 0.717) is 33.2 Å². The van der Waals surface area contributed by atoms with Crippen molar-refractivity contribution in [2.45, 2.75) is 13.5 Å². The maximum Gasteiger partial charge on any atom is 0.328 e. The van der Waals surface area contributed by atoms with E-state index >= 15 is 0 Å². The van der Waals surface area contributed by atoms with Crippen molar-refractivity contribution in [2.75, 3.05) is 34.8 Å². The minimum atomic E-state index is -3.66. The molecule has 0 unspecified atom stereocenters. The Labute approximate surface area is 220 Å². The number of carbonyl (C=O) groups excluding carboxylic acids is 2. The van der Waals surface area contributed by atoms with Gasteiger partial charge in [-0.1, -0.05) is 47.5 Å². The Hall–Kier alpha value is -3.27. The van der Waals surface area contributed by atoms with Crippen LogP contribution in [0.4, 0.5) is 21.9 Å². The molecule has 0 aliphatic heterocycles. The van der Waals surface area contributed by atoms with Gasteiger partial charge in [-0.05, 0) is 55.0 Å².